The first-order valence-electron chi connectivity index (χ1n) is 8.68. The van der Waals surface area contributed by atoms with E-state index in [-0.39, 0.29) is 17.6 Å². The number of amides is 1. The average molecular weight is 337 g/mol. The lowest BCUT2D eigenvalue weighted by atomic mass is 9.80. The lowest BCUT2D eigenvalue weighted by Crippen LogP contribution is -2.52. The van der Waals surface area contributed by atoms with Crippen LogP contribution >= 0.6 is 0 Å². The predicted octanol–water partition coefficient (Wildman–Crippen LogP) is 2.78. The normalized spacial score (nSPS) is 24.2. The van der Waals surface area contributed by atoms with Gasteiger partial charge in [0.15, 0.2) is 0 Å². The second-order valence-electron chi connectivity index (χ2n) is 6.82. The molecule has 1 aliphatic rings. The minimum Gasteiger partial charge on any atom is -0.389 e. The minimum absolute atomic E-state index is 0.0439. The molecule has 134 valence electrons. The molecule has 2 rings (SSSR count). The zero-order valence-corrected chi connectivity index (χ0v) is 14.6. The molecule has 1 aliphatic heterocycles. The first-order valence-corrected chi connectivity index (χ1v) is 8.68. The van der Waals surface area contributed by atoms with Crippen molar-refractivity contribution in [2.75, 3.05) is 26.8 Å². The molecule has 1 aromatic rings. The zero-order chi connectivity index (χ0) is 17.6. The van der Waals surface area contributed by atoms with Gasteiger partial charge >= 0.3 is 0 Å². The molecule has 5 heteroatoms. The van der Waals surface area contributed by atoms with Crippen molar-refractivity contribution in [3.05, 3.63) is 35.6 Å². The van der Waals surface area contributed by atoms with Gasteiger partial charge in [0.05, 0.1) is 5.60 Å². The van der Waals surface area contributed by atoms with Crippen LogP contribution in [0.15, 0.2) is 24.3 Å². The fourth-order valence-corrected chi connectivity index (χ4v) is 3.30. The van der Waals surface area contributed by atoms with Crippen LogP contribution in [-0.4, -0.2) is 48.3 Å². The highest BCUT2D eigenvalue weighted by Crippen LogP contribution is 2.31. The van der Waals surface area contributed by atoms with Gasteiger partial charge in [-0.2, -0.15) is 0 Å². The van der Waals surface area contributed by atoms with Gasteiger partial charge in [-0.05, 0) is 43.4 Å². The van der Waals surface area contributed by atoms with E-state index < -0.39 is 5.60 Å². The van der Waals surface area contributed by atoms with E-state index in [1.54, 1.807) is 19.2 Å². The molecule has 0 saturated carbocycles. The number of hydrogen-bond acceptors (Lipinski definition) is 3. The molecular formula is C19H28FNO3. The molecular weight excluding hydrogens is 309 g/mol. The van der Waals surface area contributed by atoms with Crippen LogP contribution in [0.25, 0.3) is 0 Å². The summed E-state index contributed by atoms with van der Waals surface area (Å²) in [4.78, 5) is 14.2. The number of nitrogens with zero attached hydrogens (tertiary/aromatic N) is 1. The van der Waals surface area contributed by atoms with Crippen LogP contribution in [0.5, 0.6) is 0 Å². The van der Waals surface area contributed by atoms with E-state index in [1.807, 2.05) is 11.8 Å². The van der Waals surface area contributed by atoms with Gasteiger partial charge < -0.3 is 14.7 Å². The third-order valence-corrected chi connectivity index (χ3v) is 5.09. The Bertz CT molecular complexity index is 534. The fraction of sp³-hybridized carbons (Fsp3) is 0.632. The number of carbonyl (C=O) groups excluding carboxylic acids is 1. The molecule has 0 aliphatic carbocycles. The highest BCUT2D eigenvalue weighted by atomic mass is 19.1. The molecule has 1 saturated heterocycles. The molecule has 1 amide bonds. The molecule has 1 N–H and O–H groups in total. The van der Waals surface area contributed by atoms with Crippen LogP contribution in [0.2, 0.25) is 0 Å². The van der Waals surface area contributed by atoms with E-state index in [0.717, 1.165) is 18.4 Å². The lowest BCUT2D eigenvalue weighted by Gasteiger charge is -2.43. The van der Waals surface area contributed by atoms with Gasteiger partial charge in [0.2, 0.25) is 5.91 Å². The van der Waals surface area contributed by atoms with Gasteiger partial charge in [-0.25, -0.2) is 4.39 Å². The molecule has 0 bridgehead atoms. The molecule has 1 fully saturated rings. The van der Waals surface area contributed by atoms with Crippen molar-refractivity contribution in [1.29, 1.82) is 0 Å². The molecule has 1 heterocycles. The predicted molar refractivity (Wildman–Crippen MR) is 91.1 cm³/mol. The maximum atomic E-state index is 12.9. The maximum Gasteiger partial charge on any atom is 0.222 e. The third-order valence-electron chi connectivity index (χ3n) is 5.09. The van der Waals surface area contributed by atoms with Gasteiger partial charge in [-0.3, -0.25) is 4.79 Å². The number of aliphatic hydroxyl groups is 1. The number of rotatable bonds is 7. The standard InChI is InChI=1S/C19H28FNO3/c1-15-14-21(12-10-19(15,23)11-13-24-2)18(22)5-3-4-16-6-8-17(20)9-7-16/h6-9,15,23H,3-5,10-14H2,1-2H3. The Morgan fingerprint density at radius 3 is 2.75 bits per heavy atom. The summed E-state index contributed by atoms with van der Waals surface area (Å²) in [6, 6.07) is 6.42. The quantitative estimate of drug-likeness (QED) is 0.832. The van der Waals surface area contributed by atoms with E-state index in [9.17, 15) is 14.3 Å². The Hall–Kier alpha value is -1.46. The summed E-state index contributed by atoms with van der Waals surface area (Å²) >= 11 is 0. The molecule has 2 atom stereocenters. The van der Waals surface area contributed by atoms with Crippen molar-refractivity contribution < 1.29 is 19.0 Å². The maximum absolute atomic E-state index is 12.9. The number of halogens is 1. The van der Waals surface area contributed by atoms with Crippen LogP contribution in [0.1, 0.15) is 38.2 Å². The minimum atomic E-state index is -0.735. The lowest BCUT2D eigenvalue weighted by molar-refractivity contribution is -0.140. The topological polar surface area (TPSA) is 49.8 Å². The smallest absolute Gasteiger partial charge is 0.222 e. The molecule has 2 unspecified atom stereocenters. The number of carbonyl (C=O) groups is 1. The highest BCUT2D eigenvalue weighted by Gasteiger charge is 2.39. The molecule has 1 aromatic carbocycles. The Kier molecular flexibility index (Phi) is 6.75. The molecule has 0 spiro atoms. The Morgan fingerprint density at radius 1 is 1.42 bits per heavy atom. The number of likely N-dealkylation sites (tertiary alicyclic amines) is 1. The number of piperidine rings is 1. The van der Waals surface area contributed by atoms with E-state index in [2.05, 4.69) is 0 Å². The monoisotopic (exact) mass is 337 g/mol. The van der Waals surface area contributed by atoms with Gasteiger partial charge in [0, 0.05) is 39.1 Å². The molecule has 4 nitrogen and oxygen atoms in total. The third kappa shape index (κ3) is 5.02. The van der Waals surface area contributed by atoms with Crippen LogP contribution in [0.3, 0.4) is 0 Å². The van der Waals surface area contributed by atoms with Crippen LogP contribution in [-0.2, 0) is 16.0 Å². The molecule has 24 heavy (non-hydrogen) atoms. The first kappa shape index (κ1) is 18.9. The number of hydrogen-bond donors (Lipinski definition) is 1. The summed E-state index contributed by atoms with van der Waals surface area (Å²) in [5.41, 5.74) is 0.311. The summed E-state index contributed by atoms with van der Waals surface area (Å²) in [6.45, 7) is 3.72. The Labute approximate surface area is 143 Å². The number of ether oxygens (including phenoxy) is 1. The first-order chi connectivity index (χ1) is 11.4. The van der Waals surface area contributed by atoms with Crippen molar-refractivity contribution in [2.24, 2.45) is 5.92 Å². The largest absolute Gasteiger partial charge is 0.389 e. The number of methoxy groups -OCH3 is 1. The van der Waals surface area contributed by atoms with E-state index >= 15 is 0 Å². The van der Waals surface area contributed by atoms with Gasteiger partial charge in [0.1, 0.15) is 5.82 Å². The Balaban J connectivity index is 1.76. The summed E-state index contributed by atoms with van der Waals surface area (Å²) in [7, 11) is 1.63. The van der Waals surface area contributed by atoms with Crippen LogP contribution in [0.4, 0.5) is 4.39 Å². The Morgan fingerprint density at radius 2 is 2.12 bits per heavy atom. The number of benzene rings is 1. The fourth-order valence-electron chi connectivity index (χ4n) is 3.30. The van der Waals surface area contributed by atoms with E-state index in [0.29, 0.717) is 39.0 Å². The van der Waals surface area contributed by atoms with Gasteiger partial charge in [-0.1, -0.05) is 19.1 Å². The SMILES string of the molecule is COCCC1(O)CCN(C(=O)CCCc2ccc(F)cc2)CC1C. The molecule has 0 radical (unpaired) electrons. The molecule has 0 aromatic heterocycles. The summed E-state index contributed by atoms with van der Waals surface area (Å²) < 4.78 is 17.9. The second-order valence-corrected chi connectivity index (χ2v) is 6.82. The van der Waals surface area contributed by atoms with Gasteiger partial charge in [0.25, 0.3) is 0 Å². The van der Waals surface area contributed by atoms with Crippen molar-refractivity contribution in [3.63, 3.8) is 0 Å². The van der Waals surface area contributed by atoms with Crippen molar-refractivity contribution >= 4 is 5.91 Å². The van der Waals surface area contributed by atoms with E-state index in [1.165, 1.54) is 12.1 Å². The van der Waals surface area contributed by atoms with Crippen molar-refractivity contribution in [1.82, 2.24) is 4.90 Å². The summed E-state index contributed by atoms with van der Waals surface area (Å²) in [6.07, 6.45) is 3.22. The second kappa shape index (κ2) is 8.58. The van der Waals surface area contributed by atoms with Crippen molar-refractivity contribution in [3.8, 4) is 0 Å². The van der Waals surface area contributed by atoms with Crippen molar-refractivity contribution in [2.45, 2.75) is 44.6 Å². The summed E-state index contributed by atoms with van der Waals surface area (Å²) in [5.74, 6) is -0.0571. The van der Waals surface area contributed by atoms with Crippen LogP contribution in [0, 0.1) is 11.7 Å². The zero-order valence-electron chi connectivity index (χ0n) is 14.6. The highest BCUT2D eigenvalue weighted by molar-refractivity contribution is 5.76. The van der Waals surface area contributed by atoms with E-state index in [4.69, 9.17) is 4.74 Å². The van der Waals surface area contributed by atoms with Gasteiger partial charge in [-0.15, -0.1) is 0 Å². The number of aryl methyl sites for hydroxylation is 1. The summed E-state index contributed by atoms with van der Waals surface area (Å²) in [5, 5.41) is 10.7. The van der Waals surface area contributed by atoms with Crippen LogP contribution < -0.4 is 0 Å². The average Bonchev–Trinajstić information content (AvgIpc) is 2.57.